The number of benzene rings is 4. The Bertz CT molecular complexity index is 1260. The molecule has 2 amide bonds. The number of amides is 2. The molecule has 1 atom stereocenters. The molecule has 0 saturated heterocycles. The average Bonchev–Trinajstić information content (AvgIpc) is 2.95. The van der Waals surface area contributed by atoms with Gasteiger partial charge in [0.2, 0.25) is 11.8 Å². The number of nitrogens with zero attached hydrogens (tertiary/aromatic N) is 1. The van der Waals surface area contributed by atoms with Crippen LogP contribution in [-0.2, 0) is 22.6 Å². The van der Waals surface area contributed by atoms with Crippen LogP contribution in [0.1, 0.15) is 34.6 Å². The number of halogens is 1. The molecule has 0 aliphatic carbocycles. The van der Waals surface area contributed by atoms with Crippen LogP contribution in [0.25, 0.3) is 0 Å². The lowest BCUT2D eigenvalue weighted by atomic mass is 9.87. The molecule has 0 bridgehead atoms. The Kier molecular flexibility index (Phi) is 8.82. The molecule has 4 aromatic carbocycles. The summed E-state index contributed by atoms with van der Waals surface area (Å²) in [4.78, 5) is 28.8. The second kappa shape index (κ2) is 12.6. The van der Waals surface area contributed by atoms with Gasteiger partial charge in [-0.05, 0) is 22.8 Å². The maximum atomic E-state index is 14.7. The van der Waals surface area contributed by atoms with E-state index in [1.165, 1.54) is 11.0 Å². The minimum absolute atomic E-state index is 0.00722. The first-order chi connectivity index (χ1) is 18.1. The van der Waals surface area contributed by atoms with Crippen LogP contribution in [0.15, 0.2) is 115 Å². The van der Waals surface area contributed by atoms with E-state index in [-0.39, 0.29) is 30.7 Å². The zero-order valence-electron chi connectivity index (χ0n) is 20.9. The number of rotatable bonds is 10. The summed E-state index contributed by atoms with van der Waals surface area (Å²) in [6, 6.07) is 34.9. The summed E-state index contributed by atoms with van der Waals surface area (Å²) in [7, 11) is 1.56. The molecule has 188 valence electrons. The van der Waals surface area contributed by atoms with Gasteiger partial charge in [0, 0.05) is 37.9 Å². The lowest BCUT2D eigenvalue weighted by molar-refractivity contribution is -0.141. The van der Waals surface area contributed by atoms with Crippen LogP contribution in [0.3, 0.4) is 0 Å². The molecule has 0 unspecified atom stereocenters. The van der Waals surface area contributed by atoms with E-state index in [4.69, 9.17) is 0 Å². The molecule has 0 spiro atoms. The molecule has 0 radical (unpaired) electrons. The van der Waals surface area contributed by atoms with Crippen LogP contribution in [0, 0.1) is 5.82 Å². The summed E-state index contributed by atoms with van der Waals surface area (Å²) in [6.45, 7) is -0.00722. The van der Waals surface area contributed by atoms with Gasteiger partial charge in [0.15, 0.2) is 0 Å². The van der Waals surface area contributed by atoms with Crippen molar-refractivity contribution in [2.24, 2.45) is 0 Å². The van der Waals surface area contributed by atoms with E-state index in [0.29, 0.717) is 12.0 Å². The van der Waals surface area contributed by atoms with Gasteiger partial charge >= 0.3 is 0 Å². The van der Waals surface area contributed by atoms with Crippen molar-refractivity contribution < 1.29 is 14.0 Å². The van der Waals surface area contributed by atoms with E-state index in [1.807, 2.05) is 91.0 Å². The highest BCUT2D eigenvalue weighted by molar-refractivity contribution is 5.88. The minimum atomic E-state index is -0.799. The summed E-state index contributed by atoms with van der Waals surface area (Å²) in [5.41, 5.74) is 3.30. The number of hydrogen-bond acceptors (Lipinski definition) is 2. The lowest BCUT2D eigenvalue weighted by Gasteiger charge is -2.32. The van der Waals surface area contributed by atoms with Crippen LogP contribution < -0.4 is 5.32 Å². The molecular weight excluding hydrogens is 463 g/mol. The molecule has 0 aromatic heterocycles. The first-order valence-electron chi connectivity index (χ1n) is 12.4. The van der Waals surface area contributed by atoms with E-state index in [2.05, 4.69) is 5.32 Å². The van der Waals surface area contributed by atoms with Crippen molar-refractivity contribution in [1.29, 1.82) is 0 Å². The van der Waals surface area contributed by atoms with E-state index in [1.54, 1.807) is 25.2 Å². The van der Waals surface area contributed by atoms with E-state index in [0.717, 1.165) is 16.7 Å². The van der Waals surface area contributed by atoms with Gasteiger partial charge in [-0.3, -0.25) is 9.59 Å². The largest absolute Gasteiger partial charge is 0.357 e. The fourth-order valence-corrected chi connectivity index (χ4v) is 4.62. The molecule has 37 heavy (non-hydrogen) atoms. The zero-order chi connectivity index (χ0) is 26.0. The molecule has 0 aliphatic heterocycles. The number of hydrogen-bond donors (Lipinski definition) is 1. The van der Waals surface area contributed by atoms with Gasteiger partial charge in [0.05, 0.1) is 0 Å². The first kappa shape index (κ1) is 25.8. The van der Waals surface area contributed by atoms with Crippen molar-refractivity contribution in [3.63, 3.8) is 0 Å². The van der Waals surface area contributed by atoms with Crippen LogP contribution in [0.4, 0.5) is 4.39 Å². The van der Waals surface area contributed by atoms with Crippen molar-refractivity contribution in [1.82, 2.24) is 10.2 Å². The number of carbonyl (C=O) groups is 2. The predicted octanol–water partition coefficient (Wildman–Crippen LogP) is 5.73. The molecule has 0 aliphatic rings. The molecule has 0 fully saturated rings. The van der Waals surface area contributed by atoms with E-state index < -0.39 is 11.9 Å². The SMILES string of the molecule is CNC(=O)[C@H](Cc1ccccc1)N(Cc1ccccc1F)C(=O)CC(c1ccccc1)c1ccccc1. The van der Waals surface area contributed by atoms with Gasteiger partial charge in [0.1, 0.15) is 11.9 Å². The average molecular weight is 495 g/mol. The molecule has 4 nitrogen and oxygen atoms in total. The van der Waals surface area contributed by atoms with Crippen molar-refractivity contribution >= 4 is 11.8 Å². The summed E-state index contributed by atoms with van der Waals surface area (Å²) >= 11 is 0. The molecule has 5 heteroatoms. The third kappa shape index (κ3) is 6.70. The molecular formula is C32H31FN2O2. The van der Waals surface area contributed by atoms with Gasteiger partial charge < -0.3 is 10.2 Å². The van der Waals surface area contributed by atoms with Crippen molar-refractivity contribution in [2.45, 2.75) is 31.3 Å². The number of likely N-dealkylation sites (N-methyl/N-ethyl adjacent to an activating group) is 1. The maximum absolute atomic E-state index is 14.7. The molecule has 4 aromatic rings. The zero-order valence-corrected chi connectivity index (χ0v) is 20.9. The van der Waals surface area contributed by atoms with Crippen LogP contribution in [-0.4, -0.2) is 29.8 Å². The van der Waals surface area contributed by atoms with Gasteiger partial charge in [0.25, 0.3) is 0 Å². The fourth-order valence-electron chi connectivity index (χ4n) is 4.62. The third-order valence-corrected chi connectivity index (χ3v) is 6.60. The van der Waals surface area contributed by atoms with Gasteiger partial charge in [-0.1, -0.05) is 109 Å². The van der Waals surface area contributed by atoms with Crippen LogP contribution in [0.2, 0.25) is 0 Å². The van der Waals surface area contributed by atoms with Gasteiger partial charge in [-0.15, -0.1) is 0 Å². The number of carbonyl (C=O) groups excluding carboxylic acids is 2. The monoisotopic (exact) mass is 494 g/mol. The van der Waals surface area contributed by atoms with E-state index in [9.17, 15) is 14.0 Å². The Morgan fingerprint density at radius 3 is 1.81 bits per heavy atom. The van der Waals surface area contributed by atoms with E-state index >= 15 is 0 Å². The Balaban J connectivity index is 1.72. The quantitative estimate of drug-likeness (QED) is 0.306. The van der Waals surface area contributed by atoms with Gasteiger partial charge in [-0.25, -0.2) is 4.39 Å². The fraction of sp³-hybridized carbons (Fsp3) is 0.188. The summed E-state index contributed by atoms with van der Waals surface area (Å²) < 4.78 is 14.7. The van der Waals surface area contributed by atoms with Crippen molar-refractivity contribution in [2.75, 3.05) is 7.05 Å². The Labute approximate surface area is 217 Å². The topological polar surface area (TPSA) is 49.4 Å². The second-order valence-corrected chi connectivity index (χ2v) is 9.01. The van der Waals surface area contributed by atoms with Crippen molar-refractivity contribution in [3.05, 3.63) is 143 Å². The van der Waals surface area contributed by atoms with Gasteiger partial charge in [-0.2, -0.15) is 0 Å². The maximum Gasteiger partial charge on any atom is 0.242 e. The third-order valence-electron chi connectivity index (χ3n) is 6.60. The summed E-state index contributed by atoms with van der Waals surface area (Å²) in [6.07, 6.45) is 0.465. The predicted molar refractivity (Wildman–Crippen MR) is 144 cm³/mol. The number of nitrogens with one attached hydrogen (secondary N) is 1. The highest BCUT2D eigenvalue weighted by Crippen LogP contribution is 2.30. The Morgan fingerprint density at radius 1 is 0.757 bits per heavy atom. The molecule has 4 rings (SSSR count). The van der Waals surface area contributed by atoms with Crippen molar-refractivity contribution in [3.8, 4) is 0 Å². The van der Waals surface area contributed by atoms with Crippen LogP contribution in [0.5, 0.6) is 0 Å². The molecule has 0 heterocycles. The Hall–Kier alpha value is -4.25. The standard InChI is InChI=1S/C32H31FN2O2/c1-34-32(37)30(21-24-13-5-2-6-14-24)35(23-27-19-11-12-20-29(27)33)31(36)22-28(25-15-7-3-8-16-25)26-17-9-4-10-18-26/h2-20,28,30H,21-23H2,1H3,(H,34,37)/t30-/m0/s1. The summed E-state index contributed by atoms with van der Waals surface area (Å²) in [5, 5.41) is 2.71. The first-order valence-corrected chi connectivity index (χ1v) is 12.4. The minimum Gasteiger partial charge on any atom is -0.357 e. The Morgan fingerprint density at radius 2 is 1.27 bits per heavy atom. The highest BCUT2D eigenvalue weighted by atomic mass is 19.1. The van der Waals surface area contributed by atoms with Crippen LogP contribution >= 0.6 is 0 Å². The highest BCUT2D eigenvalue weighted by Gasteiger charge is 2.32. The summed E-state index contributed by atoms with van der Waals surface area (Å²) in [5.74, 6) is -1.12. The lowest BCUT2D eigenvalue weighted by Crippen LogP contribution is -2.50. The normalized spacial score (nSPS) is 11.6. The molecule has 0 saturated carbocycles. The second-order valence-electron chi connectivity index (χ2n) is 9.01. The molecule has 1 N–H and O–H groups in total. The smallest absolute Gasteiger partial charge is 0.242 e.